The van der Waals surface area contributed by atoms with Crippen LogP contribution in [-0.4, -0.2) is 76.5 Å². The number of allylic oxidation sites excluding steroid dienone is 2. The number of fused-ring (bicyclic) bond motifs is 2. The first kappa shape index (κ1) is 38.9. The monoisotopic (exact) mass is 750 g/mol. The third kappa shape index (κ3) is 9.95. The molecule has 6 atom stereocenters. The van der Waals surface area contributed by atoms with Gasteiger partial charge in [0.2, 0.25) is 5.04 Å². The van der Waals surface area contributed by atoms with Crippen molar-refractivity contribution >= 4 is 16.8 Å². The zero-order chi connectivity index (χ0) is 35.8. The molecule has 0 amide bonds. The van der Waals surface area contributed by atoms with Gasteiger partial charge in [-0.1, -0.05) is 110 Å². The van der Waals surface area contributed by atoms with Gasteiger partial charge in [0.25, 0.3) is 0 Å². The average molecular weight is 750 g/mol. The molecule has 6 unspecified atom stereocenters. The summed E-state index contributed by atoms with van der Waals surface area (Å²) in [6.07, 6.45) is 43.3. The predicted octanol–water partition coefficient (Wildman–Crippen LogP) is 11.6. The largest absolute Gasteiger partial charge is 0.474 e. The molecule has 53 heavy (non-hydrogen) atoms. The maximum absolute atomic E-state index is 7.03. The van der Waals surface area contributed by atoms with E-state index in [1.807, 2.05) is 0 Å². The molecule has 5 nitrogen and oxygen atoms in total. The molecule has 0 radical (unpaired) electrons. The van der Waals surface area contributed by atoms with E-state index in [0.717, 1.165) is 67.5 Å². The minimum Gasteiger partial charge on any atom is -0.474 e. The zero-order valence-electron chi connectivity index (χ0n) is 33.9. The highest BCUT2D eigenvalue weighted by Crippen LogP contribution is 2.47. The molecule has 0 aromatic carbocycles. The van der Waals surface area contributed by atoms with E-state index in [4.69, 9.17) is 14.2 Å². The van der Waals surface area contributed by atoms with Crippen LogP contribution in [0.1, 0.15) is 180 Å². The second-order valence-corrected chi connectivity index (χ2v) is 20.2. The van der Waals surface area contributed by atoms with Gasteiger partial charge in [-0.2, -0.15) is 0 Å². The van der Waals surface area contributed by atoms with Crippen LogP contribution >= 0.6 is 11.8 Å². The molecule has 2 aliphatic heterocycles. The van der Waals surface area contributed by atoms with Crippen molar-refractivity contribution in [2.45, 2.75) is 216 Å². The van der Waals surface area contributed by atoms with Gasteiger partial charge in [-0.3, -0.25) is 0 Å². The number of rotatable bonds is 13. The molecule has 8 aliphatic rings. The summed E-state index contributed by atoms with van der Waals surface area (Å²) in [6, 6.07) is 1.18. The van der Waals surface area contributed by atoms with E-state index in [2.05, 4.69) is 40.3 Å². The van der Waals surface area contributed by atoms with E-state index in [1.54, 1.807) is 0 Å². The van der Waals surface area contributed by atoms with Crippen molar-refractivity contribution in [3.63, 3.8) is 0 Å². The molecule has 0 aromatic heterocycles. The van der Waals surface area contributed by atoms with Crippen molar-refractivity contribution in [3.8, 4) is 0 Å². The Kier molecular flexibility index (Phi) is 14.3. The Morgan fingerprint density at radius 1 is 0.679 bits per heavy atom. The van der Waals surface area contributed by atoms with Gasteiger partial charge in [0.1, 0.15) is 12.7 Å². The van der Waals surface area contributed by atoms with Crippen LogP contribution in [0.5, 0.6) is 0 Å². The average Bonchev–Trinajstić information content (AvgIpc) is 3.74. The predicted molar refractivity (Wildman–Crippen MR) is 221 cm³/mol. The summed E-state index contributed by atoms with van der Waals surface area (Å²) >= 11 is 2.21. The summed E-state index contributed by atoms with van der Waals surface area (Å²) in [5.74, 6) is 4.86. The van der Waals surface area contributed by atoms with E-state index in [0.29, 0.717) is 30.4 Å². The highest BCUT2D eigenvalue weighted by Gasteiger charge is 2.48. The van der Waals surface area contributed by atoms with Crippen LogP contribution in [0, 0.1) is 23.7 Å². The van der Waals surface area contributed by atoms with Gasteiger partial charge >= 0.3 is 0 Å². The van der Waals surface area contributed by atoms with Crippen LogP contribution in [0.25, 0.3) is 0 Å². The van der Waals surface area contributed by atoms with Crippen LogP contribution in [0.2, 0.25) is 0 Å². The minimum absolute atomic E-state index is 0.343. The Morgan fingerprint density at radius 2 is 1.26 bits per heavy atom. The lowest BCUT2D eigenvalue weighted by molar-refractivity contribution is -0.566. The molecule has 0 aromatic rings. The number of nitrogens with zero attached hydrogens (tertiary/aromatic N) is 2. The summed E-state index contributed by atoms with van der Waals surface area (Å²) in [5.41, 5.74) is 1.43. The topological polar surface area (TPSA) is 33.9 Å². The molecule has 2 heterocycles. The smallest absolute Gasteiger partial charge is 0.235 e. The Balaban J connectivity index is 1.02. The number of thioether (sulfide) groups is 1. The van der Waals surface area contributed by atoms with E-state index in [-0.39, 0.29) is 0 Å². The second kappa shape index (κ2) is 19.4. The third-order valence-electron chi connectivity index (χ3n) is 15.6. The van der Waals surface area contributed by atoms with Gasteiger partial charge in [-0.25, -0.2) is 4.58 Å². The Bertz CT molecular complexity index is 1240. The minimum atomic E-state index is 0.343. The van der Waals surface area contributed by atoms with Crippen molar-refractivity contribution in [1.29, 1.82) is 0 Å². The molecular formula is C47H77N2O3S+. The van der Waals surface area contributed by atoms with Crippen molar-refractivity contribution in [2.24, 2.45) is 23.7 Å². The first-order chi connectivity index (χ1) is 26.2. The standard InChI is InChI=1S/C47H77N2O3S/c1-2-35(31-46-48(27-29-50-40-19-11-5-12-20-40)42-33-38(23-25-44(42)52-46)36-15-7-3-8-16-36)32-47-49(28-30-51-41-21-13-6-14-22-41)43-34-39(24-26-45(43)53-47)37-17-9-4-10-18-37/h31-32,36-45H,2-30,33-34H2,1H3/q+1. The van der Waals surface area contributed by atoms with Crippen LogP contribution in [0.3, 0.4) is 0 Å². The molecule has 0 bridgehead atoms. The molecule has 6 heteroatoms. The van der Waals surface area contributed by atoms with Crippen molar-refractivity contribution < 1.29 is 18.8 Å². The van der Waals surface area contributed by atoms with Gasteiger partial charge in [0.05, 0.1) is 30.1 Å². The van der Waals surface area contributed by atoms with E-state index in [1.165, 1.54) is 178 Å². The van der Waals surface area contributed by atoms with Gasteiger partial charge in [-0.05, 0) is 105 Å². The molecule has 0 N–H and O–H groups in total. The third-order valence-corrected chi connectivity index (χ3v) is 17.1. The molecule has 8 rings (SSSR count). The zero-order valence-corrected chi connectivity index (χ0v) is 34.7. The van der Waals surface area contributed by atoms with Gasteiger partial charge in [0, 0.05) is 25.1 Å². The summed E-state index contributed by atoms with van der Waals surface area (Å²) < 4.78 is 23.1. The van der Waals surface area contributed by atoms with E-state index in [9.17, 15) is 0 Å². The molecule has 7 fully saturated rings. The highest BCUT2D eigenvalue weighted by molar-refractivity contribution is 8.14. The molecular weight excluding hydrogens is 673 g/mol. The summed E-state index contributed by atoms with van der Waals surface area (Å²) in [5, 5.41) is 2.25. The van der Waals surface area contributed by atoms with Crippen molar-refractivity contribution in [1.82, 2.24) is 4.90 Å². The lowest BCUT2D eigenvalue weighted by atomic mass is 9.71. The van der Waals surface area contributed by atoms with E-state index < -0.39 is 0 Å². The molecule has 6 aliphatic carbocycles. The first-order valence-corrected chi connectivity index (χ1v) is 24.5. The fourth-order valence-corrected chi connectivity index (χ4v) is 14.1. The van der Waals surface area contributed by atoms with Crippen LogP contribution in [-0.2, 0) is 14.2 Å². The normalized spacial score (nSPS) is 35.2. The van der Waals surface area contributed by atoms with Crippen LogP contribution in [0.4, 0.5) is 0 Å². The fourth-order valence-electron chi connectivity index (χ4n) is 12.5. The molecule has 298 valence electrons. The van der Waals surface area contributed by atoms with Gasteiger partial charge < -0.3 is 19.1 Å². The Labute approximate surface area is 328 Å². The summed E-state index contributed by atoms with van der Waals surface area (Å²) in [4.78, 5) is 2.70. The van der Waals surface area contributed by atoms with Crippen LogP contribution < -0.4 is 0 Å². The maximum atomic E-state index is 7.03. The van der Waals surface area contributed by atoms with Crippen LogP contribution in [0.15, 0.2) is 23.6 Å². The highest BCUT2D eigenvalue weighted by atomic mass is 32.2. The quantitative estimate of drug-likeness (QED) is 0.175. The maximum Gasteiger partial charge on any atom is 0.235 e. The van der Waals surface area contributed by atoms with Gasteiger partial charge in [-0.15, -0.1) is 0 Å². The lowest BCUT2D eigenvalue weighted by Crippen LogP contribution is -2.43. The van der Waals surface area contributed by atoms with Crippen molar-refractivity contribution in [3.05, 3.63) is 23.6 Å². The second-order valence-electron chi connectivity index (χ2n) is 18.9. The number of hydrogen-bond acceptors (Lipinski definition) is 5. The number of ether oxygens (including phenoxy) is 3. The Morgan fingerprint density at radius 3 is 1.91 bits per heavy atom. The summed E-state index contributed by atoms with van der Waals surface area (Å²) in [7, 11) is 0. The number of hydrogen-bond donors (Lipinski definition) is 0. The van der Waals surface area contributed by atoms with Gasteiger partial charge in [0.15, 0.2) is 18.5 Å². The van der Waals surface area contributed by atoms with E-state index >= 15 is 0 Å². The van der Waals surface area contributed by atoms with Crippen molar-refractivity contribution in [2.75, 3.05) is 26.3 Å². The molecule has 0 spiro atoms. The first-order valence-electron chi connectivity index (χ1n) is 23.6. The SMILES string of the molecule is CCC(=CC1=[N+](CCOC2CCCCC2)C2CC(C3CCCCC3)CCC2S1)C=C1OC2CCC(C3CCCCC3)CC2N1CCOC1CCCCC1. The lowest BCUT2D eigenvalue weighted by Gasteiger charge is -2.39. The molecule has 1 saturated heterocycles. The Hall–Kier alpha value is -0.980. The molecule has 6 saturated carbocycles. The fraction of sp³-hybridized carbons (Fsp3) is 0.894. The summed E-state index contributed by atoms with van der Waals surface area (Å²) in [6.45, 7) is 6.10.